The summed E-state index contributed by atoms with van der Waals surface area (Å²) in [5.41, 5.74) is 4.22. The molecule has 3 heteroatoms. The van der Waals surface area contributed by atoms with E-state index < -0.39 is 0 Å². The first-order chi connectivity index (χ1) is 5.86. The van der Waals surface area contributed by atoms with Crippen molar-refractivity contribution in [3.63, 3.8) is 0 Å². The second kappa shape index (κ2) is 4.50. The van der Waals surface area contributed by atoms with Gasteiger partial charge in [0.25, 0.3) is 0 Å². The number of hydrogen-bond donors (Lipinski definition) is 1. The van der Waals surface area contributed by atoms with Gasteiger partial charge in [-0.2, -0.15) is 5.26 Å². The molecule has 0 aliphatic heterocycles. The Labute approximate surface area is 71.5 Å². The lowest BCUT2D eigenvalue weighted by Gasteiger charge is -2.00. The fraction of sp³-hybridized carbons (Fsp3) is 0.222. The summed E-state index contributed by atoms with van der Waals surface area (Å²) in [6, 6.07) is 9.39. The molecule has 0 aromatic heterocycles. The maximum absolute atomic E-state index is 8.58. The molecule has 0 heterocycles. The van der Waals surface area contributed by atoms with Crippen molar-refractivity contribution < 1.29 is 4.84 Å². The maximum Gasteiger partial charge on any atom is 0.0991 e. The summed E-state index contributed by atoms with van der Waals surface area (Å²) >= 11 is 0. The summed E-state index contributed by atoms with van der Waals surface area (Å²) in [6.07, 6.45) is 0. The van der Waals surface area contributed by atoms with E-state index in [4.69, 9.17) is 10.1 Å². The summed E-state index contributed by atoms with van der Waals surface area (Å²) < 4.78 is 0. The number of nitrogens with zero attached hydrogens (tertiary/aromatic N) is 1. The van der Waals surface area contributed by atoms with Gasteiger partial charge in [0.05, 0.1) is 18.2 Å². The molecule has 0 amide bonds. The average molecular weight is 162 g/mol. The van der Waals surface area contributed by atoms with E-state index in [0.29, 0.717) is 12.2 Å². The number of nitrogens with one attached hydrogen (secondary N) is 1. The Morgan fingerprint density at radius 1 is 1.58 bits per heavy atom. The minimum absolute atomic E-state index is 0.478. The van der Waals surface area contributed by atoms with Crippen LogP contribution in [-0.2, 0) is 11.4 Å². The van der Waals surface area contributed by atoms with Crippen molar-refractivity contribution in [2.75, 3.05) is 7.05 Å². The number of hydroxylamine groups is 1. The largest absolute Gasteiger partial charge is 0.297 e. The summed E-state index contributed by atoms with van der Waals surface area (Å²) in [5, 5.41) is 8.58. The van der Waals surface area contributed by atoms with Crippen molar-refractivity contribution in [3.05, 3.63) is 35.4 Å². The van der Waals surface area contributed by atoms with Gasteiger partial charge in [-0.25, -0.2) is 5.48 Å². The fourth-order valence-corrected chi connectivity index (χ4v) is 0.886. The Morgan fingerprint density at radius 2 is 2.42 bits per heavy atom. The van der Waals surface area contributed by atoms with Crippen LogP contribution in [0.4, 0.5) is 0 Å². The zero-order valence-corrected chi connectivity index (χ0v) is 6.87. The Bertz CT molecular complexity index is 291. The molecule has 1 aromatic carbocycles. The monoisotopic (exact) mass is 162 g/mol. The molecule has 0 saturated heterocycles. The van der Waals surface area contributed by atoms with E-state index in [9.17, 15) is 0 Å². The van der Waals surface area contributed by atoms with Crippen LogP contribution in [-0.4, -0.2) is 7.05 Å². The molecule has 0 bridgehead atoms. The van der Waals surface area contributed by atoms with Gasteiger partial charge < -0.3 is 0 Å². The second-order valence-corrected chi connectivity index (χ2v) is 2.30. The Balaban J connectivity index is 2.68. The van der Waals surface area contributed by atoms with Gasteiger partial charge in [0.15, 0.2) is 0 Å². The van der Waals surface area contributed by atoms with Gasteiger partial charge in [0.1, 0.15) is 0 Å². The van der Waals surface area contributed by atoms with E-state index in [0.717, 1.165) is 5.56 Å². The highest BCUT2D eigenvalue weighted by molar-refractivity contribution is 5.32. The highest BCUT2D eigenvalue weighted by atomic mass is 16.6. The average Bonchev–Trinajstić information content (AvgIpc) is 2.15. The molecule has 62 valence electrons. The highest BCUT2D eigenvalue weighted by Gasteiger charge is 1.93. The van der Waals surface area contributed by atoms with Crippen LogP contribution in [0.25, 0.3) is 0 Å². The standard InChI is InChI=1S/C9H10N2O/c1-11-12-7-9-4-2-3-8(5-9)6-10/h2-5,11H,7H2,1H3. The molecule has 0 unspecified atom stereocenters. The third-order valence-corrected chi connectivity index (χ3v) is 1.44. The zero-order chi connectivity index (χ0) is 8.81. The van der Waals surface area contributed by atoms with E-state index >= 15 is 0 Å². The molecule has 0 fully saturated rings. The molecule has 1 rings (SSSR count). The Hall–Kier alpha value is -1.37. The molecule has 0 atom stereocenters. The third-order valence-electron chi connectivity index (χ3n) is 1.44. The van der Waals surface area contributed by atoms with Gasteiger partial charge in [0.2, 0.25) is 0 Å². The molecule has 12 heavy (non-hydrogen) atoms. The molecular weight excluding hydrogens is 152 g/mol. The minimum atomic E-state index is 0.478. The Morgan fingerprint density at radius 3 is 3.08 bits per heavy atom. The number of hydrogen-bond acceptors (Lipinski definition) is 3. The van der Waals surface area contributed by atoms with Crippen molar-refractivity contribution in [2.45, 2.75) is 6.61 Å². The van der Waals surface area contributed by atoms with Gasteiger partial charge >= 0.3 is 0 Å². The van der Waals surface area contributed by atoms with Gasteiger partial charge in [0, 0.05) is 7.05 Å². The molecule has 0 saturated carbocycles. The summed E-state index contributed by atoms with van der Waals surface area (Å²) in [5.74, 6) is 0. The number of rotatable bonds is 3. The first kappa shape index (κ1) is 8.72. The molecular formula is C9H10N2O. The van der Waals surface area contributed by atoms with Gasteiger partial charge in [-0.3, -0.25) is 4.84 Å². The second-order valence-electron chi connectivity index (χ2n) is 2.30. The van der Waals surface area contributed by atoms with E-state index in [-0.39, 0.29) is 0 Å². The molecule has 1 N–H and O–H groups in total. The van der Waals surface area contributed by atoms with E-state index in [1.807, 2.05) is 12.1 Å². The van der Waals surface area contributed by atoms with Crippen LogP contribution < -0.4 is 5.48 Å². The van der Waals surface area contributed by atoms with E-state index in [2.05, 4.69) is 11.5 Å². The maximum atomic E-state index is 8.58. The van der Waals surface area contributed by atoms with Crippen LogP contribution in [0, 0.1) is 11.3 Å². The minimum Gasteiger partial charge on any atom is -0.297 e. The summed E-state index contributed by atoms with van der Waals surface area (Å²) in [6.45, 7) is 0.478. The van der Waals surface area contributed by atoms with Crippen molar-refractivity contribution in [1.29, 1.82) is 5.26 Å². The number of benzene rings is 1. The molecule has 0 aliphatic rings. The van der Waals surface area contributed by atoms with Gasteiger partial charge in [-0.1, -0.05) is 12.1 Å². The molecule has 1 aromatic rings. The van der Waals surface area contributed by atoms with E-state index in [1.54, 1.807) is 19.2 Å². The molecule has 0 spiro atoms. The normalized spacial score (nSPS) is 9.33. The van der Waals surface area contributed by atoms with E-state index in [1.165, 1.54) is 0 Å². The quantitative estimate of drug-likeness (QED) is 0.679. The highest BCUT2D eigenvalue weighted by Crippen LogP contribution is 2.04. The molecule has 3 nitrogen and oxygen atoms in total. The Kier molecular flexibility index (Phi) is 3.27. The van der Waals surface area contributed by atoms with Gasteiger partial charge in [-0.15, -0.1) is 0 Å². The summed E-state index contributed by atoms with van der Waals surface area (Å²) in [4.78, 5) is 4.96. The first-order valence-electron chi connectivity index (χ1n) is 3.64. The van der Waals surface area contributed by atoms with Crippen LogP contribution in [0.5, 0.6) is 0 Å². The van der Waals surface area contributed by atoms with Crippen LogP contribution in [0.3, 0.4) is 0 Å². The third kappa shape index (κ3) is 2.35. The van der Waals surface area contributed by atoms with Crippen LogP contribution in [0.15, 0.2) is 24.3 Å². The fourth-order valence-electron chi connectivity index (χ4n) is 0.886. The summed E-state index contributed by atoms with van der Waals surface area (Å²) in [7, 11) is 1.70. The first-order valence-corrected chi connectivity index (χ1v) is 3.64. The molecule has 0 aliphatic carbocycles. The predicted molar refractivity (Wildman–Crippen MR) is 45.0 cm³/mol. The number of nitriles is 1. The topological polar surface area (TPSA) is 45.0 Å². The van der Waals surface area contributed by atoms with Crippen LogP contribution in [0.1, 0.15) is 11.1 Å². The lowest BCUT2D eigenvalue weighted by molar-refractivity contribution is 0.0444. The molecule has 0 radical (unpaired) electrons. The van der Waals surface area contributed by atoms with Crippen molar-refractivity contribution >= 4 is 0 Å². The smallest absolute Gasteiger partial charge is 0.0991 e. The SMILES string of the molecule is CNOCc1cccc(C#N)c1. The van der Waals surface area contributed by atoms with Crippen molar-refractivity contribution in [3.8, 4) is 6.07 Å². The lowest BCUT2D eigenvalue weighted by atomic mass is 10.1. The van der Waals surface area contributed by atoms with Gasteiger partial charge in [-0.05, 0) is 17.7 Å². The van der Waals surface area contributed by atoms with Crippen LogP contribution >= 0.6 is 0 Å². The zero-order valence-electron chi connectivity index (χ0n) is 6.87. The van der Waals surface area contributed by atoms with Crippen LogP contribution in [0.2, 0.25) is 0 Å². The van der Waals surface area contributed by atoms with Crippen molar-refractivity contribution in [2.24, 2.45) is 0 Å². The lowest BCUT2D eigenvalue weighted by Crippen LogP contribution is -2.06. The predicted octanol–water partition coefficient (Wildman–Crippen LogP) is 1.21. The van der Waals surface area contributed by atoms with Crippen molar-refractivity contribution in [1.82, 2.24) is 5.48 Å².